The van der Waals surface area contributed by atoms with Crippen LogP contribution in [-0.2, 0) is 16.4 Å². The Morgan fingerprint density at radius 3 is 2.48 bits per heavy atom. The van der Waals surface area contributed by atoms with Gasteiger partial charge in [0.25, 0.3) is 0 Å². The van der Waals surface area contributed by atoms with Gasteiger partial charge in [-0.3, -0.25) is 0 Å². The molecule has 1 aliphatic rings. The number of sulfone groups is 1. The van der Waals surface area contributed by atoms with Gasteiger partial charge in [-0.1, -0.05) is 19.9 Å². The minimum absolute atomic E-state index is 0.268. The van der Waals surface area contributed by atoms with Crippen molar-refractivity contribution < 1.29 is 8.42 Å². The molecule has 2 rings (SSSR count). The van der Waals surface area contributed by atoms with Crippen molar-refractivity contribution in [1.29, 1.82) is 0 Å². The first-order valence-corrected chi connectivity index (χ1v) is 9.45. The number of benzene rings is 1. The Morgan fingerprint density at radius 1 is 1.24 bits per heavy atom. The third-order valence-electron chi connectivity index (χ3n) is 3.90. The Bertz CT molecular complexity index is 568. The van der Waals surface area contributed by atoms with Gasteiger partial charge in [0.2, 0.25) is 0 Å². The lowest BCUT2D eigenvalue weighted by Gasteiger charge is -2.29. The van der Waals surface area contributed by atoms with E-state index in [2.05, 4.69) is 49.2 Å². The van der Waals surface area contributed by atoms with Gasteiger partial charge in [-0.15, -0.1) is 0 Å². The molecule has 21 heavy (non-hydrogen) atoms. The minimum Gasteiger partial charge on any atom is -0.369 e. The maximum absolute atomic E-state index is 11.5. The number of aryl methyl sites for hydroxylation is 1. The largest absolute Gasteiger partial charge is 0.369 e. The van der Waals surface area contributed by atoms with Crippen molar-refractivity contribution in [3.8, 4) is 0 Å². The number of hydrogen-bond acceptors (Lipinski definition) is 4. The Balaban J connectivity index is 1.99. The zero-order valence-electron chi connectivity index (χ0n) is 13.2. The smallest absolute Gasteiger partial charge is 0.153 e. The molecule has 0 aliphatic carbocycles. The van der Waals surface area contributed by atoms with Crippen LogP contribution in [0.25, 0.3) is 0 Å². The van der Waals surface area contributed by atoms with Crippen LogP contribution in [0.15, 0.2) is 18.2 Å². The van der Waals surface area contributed by atoms with E-state index in [0.717, 1.165) is 18.8 Å². The summed E-state index contributed by atoms with van der Waals surface area (Å²) in [5, 5.41) is 3.46. The number of nitrogens with one attached hydrogen (secondary N) is 1. The zero-order valence-corrected chi connectivity index (χ0v) is 14.0. The predicted octanol–water partition coefficient (Wildman–Crippen LogP) is 1.98. The third kappa shape index (κ3) is 4.71. The van der Waals surface area contributed by atoms with Gasteiger partial charge in [-0.25, -0.2) is 8.42 Å². The number of rotatable bonds is 5. The normalized spacial score (nSPS) is 18.2. The highest BCUT2D eigenvalue weighted by molar-refractivity contribution is 7.91. The molecule has 1 aromatic carbocycles. The summed E-state index contributed by atoms with van der Waals surface area (Å²) in [6.07, 6.45) is 0. The maximum Gasteiger partial charge on any atom is 0.153 e. The van der Waals surface area contributed by atoms with Crippen molar-refractivity contribution >= 4 is 15.5 Å². The van der Waals surface area contributed by atoms with Gasteiger partial charge in [-0.2, -0.15) is 0 Å². The Hall–Kier alpha value is -1.07. The lowest BCUT2D eigenvalue weighted by atomic mass is 10.1. The fourth-order valence-corrected chi connectivity index (χ4v) is 3.74. The van der Waals surface area contributed by atoms with Gasteiger partial charge in [0.1, 0.15) is 0 Å². The lowest BCUT2D eigenvalue weighted by Crippen LogP contribution is -2.40. The van der Waals surface area contributed by atoms with Crippen molar-refractivity contribution in [3.05, 3.63) is 29.3 Å². The summed E-state index contributed by atoms with van der Waals surface area (Å²) in [5.74, 6) is 1.19. The summed E-state index contributed by atoms with van der Waals surface area (Å²) in [6.45, 7) is 9.64. The molecule has 0 atom stereocenters. The molecular formula is C16H26N2O2S. The second-order valence-electron chi connectivity index (χ2n) is 6.27. The van der Waals surface area contributed by atoms with Gasteiger partial charge in [0.15, 0.2) is 9.84 Å². The first-order valence-electron chi connectivity index (χ1n) is 7.63. The summed E-state index contributed by atoms with van der Waals surface area (Å²) in [6, 6.07) is 6.43. The summed E-state index contributed by atoms with van der Waals surface area (Å²) in [4.78, 5) is 2.17. The quantitative estimate of drug-likeness (QED) is 0.903. The van der Waals surface area contributed by atoms with E-state index in [0.29, 0.717) is 19.0 Å². The molecule has 0 amide bonds. The molecule has 1 saturated heterocycles. The number of anilines is 1. The van der Waals surface area contributed by atoms with Crippen LogP contribution in [0.2, 0.25) is 0 Å². The van der Waals surface area contributed by atoms with Crippen LogP contribution < -0.4 is 10.2 Å². The highest BCUT2D eigenvalue weighted by Crippen LogP contribution is 2.21. The minimum atomic E-state index is -2.81. The van der Waals surface area contributed by atoms with Gasteiger partial charge in [0.05, 0.1) is 11.5 Å². The molecule has 1 fully saturated rings. The standard InChI is InChI=1S/C16H26N2O2S/c1-13(2)11-17-12-15-4-5-16(10-14(15)3)18-6-8-21(19,20)9-7-18/h4-5,10,13,17H,6-9,11-12H2,1-3H3. The lowest BCUT2D eigenvalue weighted by molar-refractivity contribution is 0.551. The van der Waals surface area contributed by atoms with E-state index in [1.165, 1.54) is 11.1 Å². The van der Waals surface area contributed by atoms with E-state index in [1.807, 2.05) is 0 Å². The van der Waals surface area contributed by atoms with E-state index in [-0.39, 0.29) is 11.5 Å². The molecule has 1 aliphatic heterocycles. The van der Waals surface area contributed by atoms with Crippen LogP contribution in [0.1, 0.15) is 25.0 Å². The van der Waals surface area contributed by atoms with Crippen molar-refractivity contribution in [2.75, 3.05) is 36.0 Å². The number of nitrogens with zero attached hydrogens (tertiary/aromatic N) is 1. The van der Waals surface area contributed by atoms with Crippen molar-refractivity contribution in [2.24, 2.45) is 5.92 Å². The van der Waals surface area contributed by atoms with Gasteiger partial charge in [0, 0.05) is 25.3 Å². The molecular weight excluding hydrogens is 284 g/mol. The molecule has 0 aromatic heterocycles. The molecule has 0 saturated carbocycles. The summed E-state index contributed by atoms with van der Waals surface area (Å²) >= 11 is 0. The van der Waals surface area contributed by atoms with Gasteiger partial charge >= 0.3 is 0 Å². The fraction of sp³-hybridized carbons (Fsp3) is 0.625. The summed E-state index contributed by atoms with van der Waals surface area (Å²) in [7, 11) is -2.81. The van der Waals surface area contributed by atoms with Crippen LogP contribution >= 0.6 is 0 Å². The second-order valence-corrected chi connectivity index (χ2v) is 8.58. The zero-order chi connectivity index (χ0) is 15.5. The van der Waals surface area contributed by atoms with E-state index in [4.69, 9.17) is 0 Å². The molecule has 1 N–H and O–H groups in total. The van der Waals surface area contributed by atoms with E-state index in [9.17, 15) is 8.42 Å². The monoisotopic (exact) mass is 310 g/mol. The van der Waals surface area contributed by atoms with Crippen LogP contribution in [0.5, 0.6) is 0 Å². The Labute approximate surface area is 128 Å². The van der Waals surface area contributed by atoms with Gasteiger partial charge < -0.3 is 10.2 Å². The van der Waals surface area contributed by atoms with Gasteiger partial charge in [-0.05, 0) is 42.6 Å². The van der Waals surface area contributed by atoms with Crippen LogP contribution in [0.3, 0.4) is 0 Å². The predicted molar refractivity (Wildman–Crippen MR) is 88.6 cm³/mol. The molecule has 1 aromatic rings. The van der Waals surface area contributed by atoms with E-state index < -0.39 is 9.84 Å². The summed E-state index contributed by atoms with van der Waals surface area (Å²) < 4.78 is 23.0. The number of hydrogen-bond donors (Lipinski definition) is 1. The Morgan fingerprint density at radius 2 is 1.90 bits per heavy atom. The fourth-order valence-electron chi connectivity index (χ4n) is 2.54. The van der Waals surface area contributed by atoms with Crippen molar-refractivity contribution in [2.45, 2.75) is 27.3 Å². The maximum atomic E-state index is 11.5. The molecule has 0 bridgehead atoms. The molecule has 0 unspecified atom stereocenters. The SMILES string of the molecule is Cc1cc(N2CCS(=O)(=O)CC2)ccc1CNCC(C)C. The third-order valence-corrected chi connectivity index (χ3v) is 5.51. The van der Waals surface area contributed by atoms with E-state index >= 15 is 0 Å². The first kappa shape index (κ1) is 16.3. The second kappa shape index (κ2) is 6.79. The average Bonchev–Trinajstić information content (AvgIpc) is 2.40. The van der Waals surface area contributed by atoms with Crippen molar-refractivity contribution in [1.82, 2.24) is 5.32 Å². The molecule has 0 radical (unpaired) electrons. The topological polar surface area (TPSA) is 49.4 Å². The van der Waals surface area contributed by atoms with Crippen molar-refractivity contribution in [3.63, 3.8) is 0 Å². The molecule has 1 heterocycles. The van der Waals surface area contributed by atoms with Crippen LogP contribution in [-0.4, -0.2) is 39.6 Å². The molecule has 118 valence electrons. The van der Waals surface area contributed by atoms with Crippen LogP contribution in [0, 0.1) is 12.8 Å². The molecule has 0 spiro atoms. The molecule has 5 heteroatoms. The summed E-state index contributed by atoms with van der Waals surface area (Å²) in [5.41, 5.74) is 3.70. The van der Waals surface area contributed by atoms with E-state index in [1.54, 1.807) is 0 Å². The molecule has 4 nitrogen and oxygen atoms in total. The highest BCUT2D eigenvalue weighted by Gasteiger charge is 2.21. The highest BCUT2D eigenvalue weighted by atomic mass is 32.2. The Kier molecular flexibility index (Phi) is 5.27. The van der Waals surface area contributed by atoms with Crippen LogP contribution in [0.4, 0.5) is 5.69 Å². The first-order chi connectivity index (χ1) is 9.87. The average molecular weight is 310 g/mol.